The Labute approximate surface area is 190 Å². The van der Waals surface area contributed by atoms with Crippen LogP contribution in [-0.4, -0.2) is 24.5 Å². The lowest BCUT2D eigenvalue weighted by Gasteiger charge is -2.20. The summed E-state index contributed by atoms with van der Waals surface area (Å²) in [6, 6.07) is 10.4. The Morgan fingerprint density at radius 1 is 1.19 bits per heavy atom. The number of fused-ring (bicyclic) bond motifs is 1. The summed E-state index contributed by atoms with van der Waals surface area (Å²) < 4.78 is 11.0. The molecule has 2 aromatic carbocycles. The number of aryl methyl sites for hydroxylation is 2. The van der Waals surface area contributed by atoms with Crippen LogP contribution in [0.3, 0.4) is 0 Å². The predicted octanol–water partition coefficient (Wildman–Crippen LogP) is 2.56. The fourth-order valence-electron chi connectivity index (χ4n) is 3.47. The SMILES string of the molecule is CCCc1cc(=O)oc2c(C)c(OCC(=O)N[C@H](Cc3ccc(Cl)cc3)C(=O)[O-])ccc12. The van der Waals surface area contributed by atoms with Gasteiger partial charge in [-0.15, -0.1) is 0 Å². The molecule has 0 aliphatic carbocycles. The maximum absolute atomic E-state index is 12.3. The molecule has 0 aliphatic heterocycles. The van der Waals surface area contributed by atoms with Crippen molar-refractivity contribution in [1.29, 1.82) is 0 Å². The van der Waals surface area contributed by atoms with E-state index in [1.807, 2.05) is 6.92 Å². The van der Waals surface area contributed by atoms with Crippen molar-refractivity contribution in [3.8, 4) is 5.75 Å². The molecule has 7 nitrogen and oxygen atoms in total. The summed E-state index contributed by atoms with van der Waals surface area (Å²) in [5, 5.41) is 15.2. The van der Waals surface area contributed by atoms with Gasteiger partial charge in [0.05, 0.1) is 12.0 Å². The first-order valence-corrected chi connectivity index (χ1v) is 10.6. The molecule has 1 N–H and O–H groups in total. The van der Waals surface area contributed by atoms with Gasteiger partial charge in [0.25, 0.3) is 5.91 Å². The van der Waals surface area contributed by atoms with Crippen molar-refractivity contribution in [1.82, 2.24) is 5.32 Å². The van der Waals surface area contributed by atoms with Gasteiger partial charge in [-0.05, 0) is 55.2 Å². The van der Waals surface area contributed by atoms with Gasteiger partial charge in [0.2, 0.25) is 0 Å². The summed E-state index contributed by atoms with van der Waals surface area (Å²) in [4.78, 5) is 35.7. The summed E-state index contributed by atoms with van der Waals surface area (Å²) >= 11 is 5.84. The lowest BCUT2D eigenvalue weighted by molar-refractivity contribution is -0.308. The molecule has 1 heterocycles. The maximum atomic E-state index is 12.3. The summed E-state index contributed by atoms with van der Waals surface area (Å²) in [6.45, 7) is 3.35. The Hall–Kier alpha value is -3.32. The van der Waals surface area contributed by atoms with Crippen molar-refractivity contribution in [2.24, 2.45) is 0 Å². The number of carboxylic acid groups (broad SMARTS) is 1. The third-order valence-corrected chi connectivity index (χ3v) is 5.30. The zero-order valence-electron chi connectivity index (χ0n) is 17.8. The van der Waals surface area contributed by atoms with Crippen LogP contribution in [-0.2, 0) is 22.4 Å². The molecular weight excluding hydrogens is 434 g/mol. The number of hydrogen-bond acceptors (Lipinski definition) is 6. The molecule has 8 heteroatoms. The second-order valence-corrected chi connectivity index (χ2v) is 7.90. The number of hydrogen-bond donors (Lipinski definition) is 1. The van der Waals surface area contributed by atoms with E-state index in [0.29, 0.717) is 27.5 Å². The minimum absolute atomic E-state index is 0.0472. The highest BCUT2D eigenvalue weighted by Crippen LogP contribution is 2.29. The van der Waals surface area contributed by atoms with Crippen LogP contribution < -0.4 is 20.8 Å². The minimum Gasteiger partial charge on any atom is -0.548 e. The number of halogens is 1. The Morgan fingerprint density at radius 2 is 1.91 bits per heavy atom. The van der Waals surface area contributed by atoms with Gasteiger partial charge in [-0.3, -0.25) is 4.79 Å². The Kier molecular flexibility index (Phi) is 7.53. The molecule has 3 rings (SSSR count). The minimum atomic E-state index is -1.40. The summed E-state index contributed by atoms with van der Waals surface area (Å²) in [5.74, 6) is -1.65. The molecule has 0 unspecified atom stereocenters. The number of ether oxygens (including phenoxy) is 1. The van der Waals surface area contributed by atoms with E-state index in [-0.39, 0.29) is 6.42 Å². The van der Waals surface area contributed by atoms with Crippen molar-refractivity contribution >= 4 is 34.4 Å². The van der Waals surface area contributed by atoms with E-state index in [9.17, 15) is 19.5 Å². The number of amides is 1. The highest BCUT2D eigenvalue weighted by atomic mass is 35.5. The molecule has 3 aromatic rings. The molecule has 0 aliphatic rings. The van der Waals surface area contributed by atoms with E-state index in [1.54, 1.807) is 43.3 Å². The van der Waals surface area contributed by atoms with Crippen molar-refractivity contribution < 1.29 is 23.8 Å². The van der Waals surface area contributed by atoms with Gasteiger partial charge in [0, 0.05) is 22.0 Å². The van der Waals surface area contributed by atoms with Gasteiger partial charge in [-0.2, -0.15) is 0 Å². The van der Waals surface area contributed by atoms with Crippen LogP contribution in [0.2, 0.25) is 5.02 Å². The summed E-state index contributed by atoms with van der Waals surface area (Å²) in [6.07, 6.45) is 1.67. The number of benzene rings is 2. The van der Waals surface area contributed by atoms with Crippen LogP contribution in [0, 0.1) is 6.92 Å². The largest absolute Gasteiger partial charge is 0.548 e. The molecule has 0 fully saturated rings. The van der Waals surface area contributed by atoms with Crippen molar-refractivity contribution in [3.63, 3.8) is 0 Å². The lowest BCUT2D eigenvalue weighted by Crippen LogP contribution is -2.50. The van der Waals surface area contributed by atoms with Crippen LogP contribution in [0.15, 0.2) is 51.7 Å². The summed E-state index contributed by atoms with van der Waals surface area (Å²) in [5.41, 5.74) is 2.13. The van der Waals surface area contributed by atoms with Gasteiger partial charge >= 0.3 is 5.63 Å². The van der Waals surface area contributed by atoms with Gasteiger partial charge < -0.3 is 24.4 Å². The number of carbonyl (C=O) groups is 2. The lowest BCUT2D eigenvalue weighted by atomic mass is 10.0. The van der Waals surface area contributed by atoms with E-state index in [2.05, 4.69) is 5.32 Å². The number of rotatable bonds is 9. The zero-order chi connectivity index (χ0) is 23.3. The highest BCUT2D eigenvalue weighted by Gasteiger charge is 2.16. The van der Waals surface area contributed by atoms with E-state index >= 15 is 0 Å². The summed E-state index contributed by atoms with van der Waals surface area (Å²) in [7, 11) is 0. The van der Waals surface area contributed by atoms with Gasteiger partial charge in [-0.25, -0.2) is 4.79 Å². The van der Waals surface area contributed by atoms with E-state index in [1.165, 1.54) is 6.07 Å². The number of carboxylic acids is 1. The van der Waals surface area contributed by atoms with E-state index in [4.69, 9.17) is 20.8 Å². The standard InChI is InChI=1S/C24H24ClNO6/c1-3-4-16-12-22(28)32-23-14(2)20(10-9-18(16)23)31-13-21(27)26-19(24(29)30)11-15-5-7-17(25)8-6-15/h5-10,12,19H,3-4,11,13H2,1-2H3,(H,26,27)(H,29,30)/p-1/t19-/m1/s1. The number of nitrogens with one attached hydrogen (secondary N) is 1. The third kappa shape index (κ3) is 5.68. The number of carbonyl (C=O) groups excluding carboxylic acids is 2. The Balaban J connectivity index is 1.70. The molecule has 1 aromatic heterocycles. The predicted molar refractivity (Wildman–Crippen MR) is 119 cm³/mol. The van der Waals surface area contributed by atoms with Gasteiger partial charge in [-0.1, -0.05) is 37.1 Å². The average molecular weight is 457 g/mol. The quantitative estimate of drug-likeness (QED) is 0.496. The van der Waals surface area contributed by atoms with Crippen LogP contribution in [0.1, 0.15) is 30.0 Å². The van der Waals surface area contributed by atoms with Gasteiger partial charge in [0.15, 0.2) is 6.61 Å². The van der Waals surface area contributed by atoms with Crippen molar-refractivity contribution in [2.75, 3.05) is 6.61 Å². The smallest absolute Gasteiger partial charge is 0.336 e. The molecule has 32 heavy (non-hydrogen) atoms. The monoisotopic (exact) mass is 456 g/mol. The second-order valence-electron chi connectivity index (χ2n) is 7.46. The Morgan fingerprint density at radius 3 is 2.56 bits per heavy atom. The van der Waals surface area contributed by atoms with Crippen LogP contribution in [0.5, 0.6) is 5.75 Å². The first kappa shape index (κ1) is 23.3. The molecule has 0 spiro atoms. The fraction of sp³-hybridized carbons (Fsp3) is 0.292. The molecule has 0 bridgehead atoms. The number of aliphatic carboxylic acids is 1. The van der Waals surface area contributed by atoms with Crippen LogP contribution in [0.4, 0.5) is 0 Å². The highest BCUT2D eigenvalue weighted by molar-refractivity contribution is 6.30. The second kappa shape index (κ2) is 10.3. The average Bonchev–Trinajstić information content (AvgIpc) is 2.75. The molecule has 0 radical (unpaired) electrons. The fourth-order valence-corrected chi connectivity index (χ4v) is 3.60. The molecule has 0 saturated heterocycles. The molecule has 0 saturated carbocycles. The molecule has 168 valence electrons. The third-order valence-electron chi connectivity index (χ3n) is 5.05. The van der Waals surface area contributed by atoms with E-state index < -0.39 is 30.2 Å². The first-order chi connectivity index (χ1) is 15.3. The maximum Gasteiger partial charge on any atom is 0.336 e. The van der Waals surface area contributed by atoms with Crippen molar-refractivity contribution in [3.05, 3.63) is 74.6 Å². The Bertz CT molecular complexity index is 1190. The normalized spacial score (nSPS) is 11.8. The molecule has 1 atom stereocenters. The van der Waals surface area contributed by atoms with E-state index in [0.717, 1.165) is 23.8 Å². The van der Waals surface area contributed by atoms with Crippen LogP contribution in [0.25, 0.3) is 11.0 Å². The first-order valence-electron chi connectivity index (χ1n) is 10.2. The van der Waals surface area contributed by atoms with Crippen LogP contribution >= 0.6 is 11.6 Å². The zero-order valence-corrected chi connectivity index (χ0v) is 18.5. The van der Waals surface area contributed by atoms with Gasteiger partial charge in [0.1, 0.15) is 11.3 Å². The van der Waals surface area contributed by atoms with Crippen molar-refractivity contribution in [2.45, 2.75) is 39.2 Å². The molecule has 1 amide bonds. The molecular formula is C24H23ClNO6-. The topological polar surface area (TPSA) is 109 Å².